The lowest BCUT2D eigenvalue weighted by atomic mass is 10.2. The van der Waals surface area contributed by atoms with Crippen LogP contribution in [0.25, 0.3) is 11.0 Å². The van der Waals surface area contributed by atoms with E-state index in [0.717, 1.165) is 5.82 Å². The number of carboxylic acids is 1. The second-order valence-corrected chi connectivity index (χ2v) is 5.62. The Balaban J connectivity index is 2.60. The highest BCUT2D eigenvalue weighted by Crippen LogP contribution is 2.20. The fraction of sp³-hybridized carbons (Fsp3) is 0.333. The van der Waals surface area contributed by atoms with Gasteiger partial charge in [0.05, 0.1) is 16.6 Å². The van der Waals surface area contributed by atoms with Crippen LogP contribution in [0, 0.1) is 6.92 Å². The highest BCUT2D eigenvalue weighted by Gasteiger charge is 2.15. The van der Waals surface area contributed by atoms with E-state index in [0.29, 0.717) is 23.3 Å². The van der Waals surface area contributed by atoms with Crippen molar-refractivity contribution >= 4 is 27.8 Å². The lowest BCUT2D eigenvalue weighted by Gasteiger charge is -2.07. The number of aromatic carboxylic acids is 1. The normalized spacial score (nSPS) is 12.8. The summed E-state index contributed by atoms with van der Waals surface area (Å²) in [5.41, 5.74) is 1.50. The molecule has 1 aromatic carbocycles. The minimum Gasteiger partial charge on any atom is -0.478 e. The summed E-state index contributed by atoms with van der Waals surface area (Å²) in [7, 11) is -0.915. The molecule has 96 valence electrons. The molecule has 2 rings (SSSR count). The molecule has 5 nitrogen and oxygen atoms in total. The molecule has 2 aromatic rings. The number of rotatable bonds is 4. The number of para-hydroxylation sites is 1. The van der Waals surface area contributed by atoms with Crippen molar-refractivity contribution < 1.29 is 14.1 Å². The minimum atomic E-state index is -0.973. The van der Waals surface area contributed by atoms with Crippen molar-refractivity contribution in [2.75, 3.05) is 12.0 Å². The molecule has 1 unspecified atom stereocenters. The van der Waals surface area contributed by atoms with Crippen molar-refractivity contribution in [2.24, 2.45) is 0 Å². The van der Waals surface area contributed by atoms with Gasteiger partial charge < -0.3 is 9.67 Å². The van der Waals surface area contributed by atoms with Crippen molar-refractivity contribution in [3.8, 4) is 0 Å². The number of imidazole rings is 1. The van der Waals surface area contributed by atoms with E-state index in [1.54, 1.807) is 24.5 Å². The first-order valence-electron chi connectivity index (χ1n) is 5.50. The summed E-state index contributed by atoms with van der Waals surface area (Å²) in [5.74, 6) is 0.254. The first-order valence-corrected chi connectivity index (χ1v) is 7.22. The second kappa shape index (κ2) is 4.89. The zero-order valence-electron chi connectivity index (χ0n) is 10.2. The lowest BCUT2D eigenvalue weighted by molar-refractivity contribution is 0.0698. The fourth-order valence-electron chi connectivity index (χ4n) is 1.97. The van der Waals surface area contributed by atoms with E-state index in [1.807, 2.05) is 11.5 Å². The van der Waals surface area contributed by atoms with Crippen LogP contribution in [-0.4, -0.2) is 36.8 Å². The van der Waals surface area contributed by atoms with Gasteiger partial charge in [-0.15, -0.1) is 0 Å². The van der Waals surface area contributed by atoms with Gasteiger partial charge in [0.1, 0.15) is 5.82 Å². The number of carbonyl (C=O) groups is 1. The number of aromatic nitrogens is 2. The molecule has 18 heavy (non-hydrogen) atoms. The highest BCUT2D eigenvalue weighted by atomic mass is 32.2. The van der Waals surface area contributed by atoms with Gasteiger partial charge in [-0.3, -0.25) is 4.21 Å². The molecule has 6 heteroatoms. The quantitative estimate of drug-likeness (QED) is 0.908. The third kappa shape index (κ3) is 2.28. The van der Waals surface area contributed by atoms with E-state index in [2.05, 4.69) is 4.98 Å². The Labute approximate surface area is 107 Å². The number of nitrogens with zero attached hydrogens (tertiary/aromatic N) is 2. The third-order valence-electron chi connectivity index (χ3n) is 2.79. The van der Waals surface area contributed by atoms with Gasteiger partial charge >= 0.3 is 5.97 Å². The summed E-state index contributed by atoms with van der Waals surface area (Å²) in [6.45, 7) is 2.33. The van der Waals surface area contributed by atoms with Crippen LogP contribution in [0.3, 0.4) is 0 Å². The summed E-state index contributed by atoms with van der Waals surface area (Å²) in [6, 6.07) is 5.03. The van der Waals surface area contributed by atoms with Crippen LogP contribution in [0.15, 0.2) is 18.2 Å². The maximum Gasteiger partial charge on any atom is 0.337 e. The van der Waals surface area contributed by atoms with Crippen molar-refractivity contribution in [1.29, 1.82) is 0 Å². The molecule has 0 saturated carbocycles. The van der Waals surface area contributed by atoms with E-state index in [-0.39, 0.29) is 5.56 Å². The van der Waals surface area contributed by atoms with Crippen molar-refractivity contribution in [1.82, 2.24) is 9.55 Å². The summed E-state index contributed by atoms with van der Waals surface area (Å²) in [4.78, 5) is 15.5. The van der Waals surface area contributed by atoms with Crippen molar-refractivity contribution in [3.05, 3.63) is 29.6 Å². The van der Waals surface area contributed by atoms with Gasteiger partial charge in [0.25, 0.3) is 0 Å². The van der Waals surface area contributed by atoms with Gasteiger partial charge in [-0.05, 0) is 19.1 Å². The molecule has 0 aliphatic heterocycles. The Morgan fingerprint density at radius 3 is 2.83 bits per heavy atom. The minimum absolute atomic E-state index is 0.231. The molecule has 0 spiro atoms. The van der Waals surface area contributed by atoms with Crippen LogP contribution in [0.4, 0.5) is 0 Å². The zero-order chi connectivity index (χ0) is 13.3. The highest BCUT2D eigenvalue weighted by molar-refractivity contribution is 7.84. The van der Waals surface area contributed by atoms with Gasteiger partial charge in [0.2, 0.25) is 0 Å². The van der Waals surface area contributed by atoms with Crippen LogP contribution in [0.5, 0.6) is 0 Å². The molecule has 1 aromatic heterocycles. The van der Waals surface area contributed by atoms with Gasteiger partial charge in [-0.1, -0.05) is 6.07 Å². The number of hydrogen-bond donors (Lipinski definition) is 1. The Morgan fingerprint density at radius 1 is 1.50 bits per heavy atom. The summed E-state index contributed by atoms with van der Waals surface area (Å²) < 4.78 is 13.0. The molecule has 0 bridgehead atoms. The molecule has 1 atom stereocenters. The van der Waals surface area contributed by atoms with E-state index in [9.17, 15) is 14.1 Å². The molecule has 0 amide bonds. The predicted octanol–water partition coefficient (Wildman–Crippen LogP) is 1.42. The van der Waals surface area contributed by atoms with Crippen LogP contribution in [0.2, 0.25) is 0 Å². The van der Waals surface area contributed by atoms with Gasteiger partial charge in [0, 0.05) is 29.4 Å². The first-order chi connectivity index (χ1) is 8.50. The van der Waals surface area contributed by atoms with Gasteiger partial charge in [0.15, 0.2) is 0 Å². The van der Waals surface area contributed by atoms with E-state index < -0.39 is 16.8 Å². The molecule has 0 aliphatic rings. The Kier molecular flexibility index (Phi) is 3.47. The Hall–Kier alpha value is -1.69. The summed E-state index contributed by atoms with van der Waals surface area (Å²) in [6.07, 6.45) is 1.63. The molecular formula is C12H14N2O3S. The predicted molar refractivity (Wildman–Crippen MR) is 70.4 cm³/mol. The maximum atomic E-state index is 11.2. The smallest absolute Gasteiger partial charge is 0.337 e. The van der Waals surface area contributed by atoms with E-state index in [1.165, 1.54) is 0 Å². The molecule has 0 fully saturated rings. The van der Waals surface area contributed by atoms with Crippen LogP contribution >= 0.6 is 0 Å². The molecule has 0 aliphatic carbocycles. The summed E-state index contributed by atoms with van der Waals surface area (Å²) in [5, 5.41) is 9.19. The Morgan fingerprint density at radius 2 is 2.22 bits per heavy atom. The number of carboxylic acid groups (broad SMARTS) is 1. The molecule has 0 saturated heterocycles. The van der Waals surface area contributed by atoms with Gasteiger partial charge in [-0.2, -0.15) is 0 Å². The summed E-state index contributed by atoms with van der Waals surface area (Å²) >= 11 is 0. The SMILES string of the molecule is Cc1nc2cccc(C(=O)O)c2n1CCS(C)=O. The number of fused-ring (bicyclic) bond motifs is 1. The molecule has 1 N–H and O–H groups in total. The zero-order valence-corrected chi connectivity index (χ0v) is 11.0. The number of aryl methyl sites for hydroxylation is 2. The molecular weight excluding hydrogens is 252 g/mol. The Bertz CT molecular complexity index is 634. The lowest BCUT2D eigenvalue weighted by Crippen LogP contribution is -2.10. The first kappa shape index (κ1) is 12.8. The number of benzene rings is 1. The van der Waals surface area contributed by atoms with E-state index >= 15 is 0 Å². The second-order valence-electron chi connectivity index (χ2n) is 4.07. The monoisotopic (exact) mass is 266 g/mol. The number of hydrogen-bond acceptors (Lipinski definition) is 3. The maximum absolute atomic E-state index is 11.2. The molecule has 1 heterocycles. The topological polar surface area (TPSA) is 72.2 Å². The fourth-order valence-corrected chi connectivity index (χ4v) is 2.41. The standard InChI is InChI=1S/C12H14N2O3S/c1-8-13-10-5-3-4-9(12(15)16)11(10)14(8)6-7-18(2)17/h3-5H,6-7H2,1-2H3,(H,15,16). The van der Waals surface area contributed by atoms with E-state index in [4.69, 9.17) is 0 Å². The van der Waals surface area contributed by atoms with Crippen molar-refractivity contribution in [2.45, 2.75) is 13.5 Å². The van der Waals surface area contributed by atoms with Crippen LogP contribution in [0.1, 0.15) is 16.2 Å². The largest absolute Gasteiger partial charge is 0.478 e. The molecule has 0 radical (unpaired) electrons. The third-order valence-corrected chi connectivity index (χ3v) is 3.55. The van der Waals surface area contributed by atoms with Crippen LogP contribution < -0.4 is 0 Å². The van der Waals surface area contributed by atoms with Crippen LogP contribution in [-0.2, 0) is 17.3 Å². The van der Waals surface area contributed by atoms with Crippen molar-refractivity contribution in [3.63, 3.8) is 0 Å². The average Bonchev–Trinajstić information content (AvgIpc) is 2.61. The average molecular weight is 266 g/mol. The van der Waals surface area contributed by atoms with Gasteiger partial charge in [-0.25, -0.2) is 9.78 Å².